The highest BCUT2D eigenvalue weighted by Gasteiger charge is 2.34. The van der Waals surface area contributed by atoms with Gasteiger partial charge in [-0.15, -0.1) is 0 Å². The first-order valence-corrected chi connectivity index (χ1v) is 12.9. The second kappa shape index (κ2) is 10.4. The van der Waals surface area contributed by atoms with Crippen molar-refractivity contribution >= 4 is 27.5 Å². The molecule has 1 saturated heterocycles. The monoisotopic (exact) mass is 471 g/mol. The highest BCUT2D eigenvalue weighted by molar-refractivity contribution is 7.92. The Balaban J connectivity index is 1.79. The fourth-order valence-electron chi connectivity index (χ4n) is 4.47. The molecule has 0 radical (unpaired) electrons. The van der Waals surface area contributed by atoms with Crippen molar-refractivity contribution in [3.05, 3.63) is 58.7 Å². The van der Waals surface area contributed by atoms with Crippen molar-refractivity contribution in [2.75, 3.05) is 17.8 Å². The lowest BCUT2D eigenvalue weighted by Crippen LogP contribution is -2.46. The van der Waals surface area contributed by atoms with Crippen LogP contribution in [0, 0.1) is 20.8 Å². The van der Waals surface area contributed by atoms with E-state index in [0.29, 0.717) is 41.9 Å². The number of carbonyl (C=O) groups excluding carboxylic acids is 2. The van der Waals surface area contributed by atoms with Crippen LogP contribution >= 0.6 is 0 Å². The Bertz CT molecular complexity index is 1120. The maximum atomic E-state index is 13.2. The number of aryl methyl sites for hydroxylation is 3. The minimum Gasteiger partial charge on any atom is -0.354 e. The number of nitrogens with zero attached hydrogens (tertiary/aromatic N) is 1. The van der Waals surface area contributed by atoms with Crippen LogP contribution < -0.4 is 10.0 Å². The number of carbonyl (C=O) groups is 2. The van der Waals surface area contributed by atoms with Gasteiger partial charge in [0.15, 0.2) is 0 Å². The second-order valence-corrected chi connectivity index (χ2v) is 10.3. The van der Waals surface area contributed by atoms with Crippen molar-refractivity contribution in [1.82, 2.24) is 10.2 Å². The number of sulfonamides is 1. The van der Waals surface area contributed by atoms with E-state index in [1.165, 1.54) is 6.07 Å². The number of hydrogen-bond donors (Lipinski definition) is 2. The van der Waals surface area contributed by atoms with Gasteiger partial charge in [-0.3, -0.25) is 14.3 Å². The molecule has 2 aromatic rings. The molecule has 1 aliphatic heterocycles. The quantitative estimate of drug-likeness (QED) is 0.570. The van der Waals surface area contributed by atoms with E-state index >= 15 is 0 Å². The molecule has 0 bridgehead atoms. The van der Waals surface area contributed by atoms with Gasteiger partial charge in [0.05, 0.1) is 4.90 Å². The molecule has 2 N–H and O–H groups in total. The summed E-state index contributed by atoms with van der Waals surface area (Å²) in [7, 11) is -3.83. The molecule has 8 heteroatoms. The van der Waals surface area contributed by atoms with Crippen molar-refractivity contribution in [3.8, 4) is 0 Å². The Morgan fingerprint density at radius 2 is 1.79 bits per heavy atom. The molecular formula is C25H33N3O4S. The third kappa shape index (κ3) is 5.74. The van der Waals surface area contributed by atoms with Gasteiger partial charge < -0.3 is 10.2 Å². The SMILES string of the molecule is CCCCNC(=O)[C@H]1CCCN1C(=O)c1cccc(NS(=O)(=O)c2c(C)cc(C)cc2C)c1. The molecule has 1 heterocycles. The molecule has 2 aromatic carbocycles. The highest BCUT2D eigenvalue weighted by Crippen LogP contribution is 2.26. The smallest absolute Gasteiger partial charge is 0.262 e. The lowest BCUT2D eigenvalue weighted by molar-refractivity contribution is -0.124. The van der Waals surface area contributed by atoms with Gasteiger partial charge in [0.1, 0.15) is 6.04 Å². The van der Waals surface area contributed by atoms with E-state index in [1.54, 1.807) is 36.9 Å². The Morgan fingerprint density at radius 1 is 1.09 bits per heavy atom. The van der Waals surface area contributed by atoms with Crippen LogP contribution in [0.3, 0.4) is 0 Å². The minimum absolute atomic E-state index is 0.128. The fraction of sp³-hybridized carbons (Fsp3) is 0.440. The third-order valence-corrected chi connectivity index (χ3v) is 7.57. The average molecular weight is 472 g/mol. The van der Waals surface area contributed by atoms with Gasteiger partial charge in [0, 0.05) is 24.3 Å². The summed E-state index contributed by atoms with van der Waals surface area (Å²) >= 11 is 0. The van der Waals surface area contributed by atoms with Crippen LogP contribution in [0.2, 0.25) is 0 Å². The second-order valence-electron chi connectivity index (χ2n) is 8.72. The zero-order valence-electron chi connectivity index (χ0n) is 19.8. The van der Waals surface area contributed by atoms with Gasteiger partial charge in [0.25, 0.3) is 15.9 Å². The molecule has 7 nitrogen and oxygen atoms in total. The summed E-state index contributed by atoms with van der Waals surface area (Å²) in [4.78, 5) is 27.6. The van der Waals surface area contributed by atoms with E-state index in [-0.39, 0.29) is 16.7 Å². The van der Waals surface area contributed by atoms with Crippen molar-refractivity contribution in [2.24, 2.45) is 0 Å². The van der Waals surface area contributed by atoms with Gasteiger partial charge in [0.2, 0.25) is 5.91 Å². The summed E-state index contributed by atoms with van der Waals surface area (Å²) in [6.45, 7) is 8.63. The van der Waals surface area contributed by atoms with Crippen molar-refractivity contribution < 1.29 is 18.0 Å². The topological polar surface area (TPSA) is 95.6 Å². The van der Waals surface area contributed by atoms with Crippen LogP contribution in [0.4, 0.5) is 5.69 Å². The minimum atomic E-state index is -3.83. The van der Waals surface area contributed by atoms with Crippen molar-refractivity contribution in [3.63, 3.8) is 0 Å². The zero-order chi connectivity index (χ0) is 24.2. The van der Waals surface area contributed by atoms with E-state index in [0.717, 1.165) is 24.8 Å². The van der Waals surface area contributed by atoms with Crippen molar-refractivity contribution in [1.29, 1.82) is 0 Å². The van der Waals surface area contributed by atoms with E-state index < -0.39 is 16.1 Å². The first-order chi connectivity index (χ1) is 15.6. The lowest BCUT2D eigenvalue weighted by Gasteiger charge is -2.24. The predicted octanol–water partition coefficient (Wildman–Crippen LogP) is 3.93. The molecule has 0 aromatic heterocycles. The number of nitrogens with one attached hydrogen (secondary N) is 2. The Kier molecular flexibility index (Phi) is 7.79. The van der Waals surface area contributed by atoms with Crippen LogP contribution in [0.25, 0.3) is 0 Å². The first kappa shape index (κ1) is 24.8. The molecule has 1 atom stereocenters. The van der Waals surface area contributed by atoms with E-state index in [9.17, 15) is 18.0 Å². The standard InChI is InChI=1S/C25H33N3O4S/c1-5-6-12-26-24(29)22-11-8-13-28(22)25(30)20-9-7-10-21(16-20)27-33(31,32)23-18(3)14-17(2)15-19(23)4/h7,9-10,14-16,22,27H,5-6,8,11-13H2,1-4H3,(H,26,29)/t22-/m1/s1. The molecule has 33 heavy (non-hydrogen) atoms. The fourth-order valence-corrected chi connectivity index (χ4v) is 5.97. The number of hydrogen-bond acceptors (Lipinski definition) is 4. The first-order valence-electron chi connectivity index (χ1n) is 11.4. The summed E-state index contributed by atoms with van der Waals surface area (Å²) in [5.41, 5.74) is 2.99. The molecule has 0 unspecified atom stereocenters. The van der Waals surface area contributed by atoms with E-state index in [1.807, 2.05) is 19.1 Å². The molecule has 1 fully saturated rings. The molecule has 178 valence electrons. The van der Waals surface area contributed by atoms with Gasteiger partial charge >= 0.3 is 0 Å². The maximum Gasteiger partial charge on any atom is 0.262 e. The summed E-state index contributed by atoms with van der Waals surface area (Å²) < 4.78 is 28.8. The Hall–Kier alpha value is -2.87. The predicted molar refractivity (Wildman–Crippen MR) is 130 cm³/mol. The zero-order valence-corrected chi connectivity index (χ0v) is 20.6. The molecule has 0 saturated carbocycles. The van der Waals surface area contributed by atoms with Crippen molar-refractivity contribution in [2.45, 2.75) is 64.3 Å². The third-order valence-electron chi connectivity index (χ3n) is 5.88. The largest absolute Gasteiger partial charge is 0.354 e. The molecule has 3 rings (SSSR count). The Morgan fingerprint density at radius 3 is 2.45 bits per heavy atom. The van der Waals surface area contributed by atoms with Gasteiger partial charge in [-0.05, 0) is 69.4 Å². The van der Waals surface area contributed by atoms with Gasteiger partial charge in [-0.25, -0.2) is 8.42 Å². The number of anilines is 1. The number of amides is 2. The van der Waals surface area contributed by atoms with Crippen LogP contribution in [-0.4, -0.2) is 44.3 Å². The van der Waals surface area contributed by atoms with Crippen LogP contribution in [-0.2, 0) is 14.8 Å². The van der Waals surface area contributed by atoms with E-state index in [2.05, 4.69) is 17.0 Å². The molecule has 0 spiro atoms. The van der Waals surface area contributed by atoms with Crippen LogP contribution in [0.5, 0.6) is 0 Å². The van der Waals surface area contributed by atoms with Gasteiger partial charge in [-0.1, -0.05) is 37.1 Å². The highest BCUT2D eigenvalue weighted by atomic mass is 32.2. The van der Waals surface area contributed by atoms with Crippen LogP contribution in [0.15, 0.2) is 41.3 Å². The molecule has 2 amide bonds. The summed E-state index contributed by atoms with van der Waals surface area (Å²) in [6.07, 6.45) is 3.27. The van der Waals surface area contributed by atoms with Crippen LogP contribution in [0.1, 0.15) is 59.7 Å². The van der Waals surface area contributed by atoms with Gasteiger partial charge in [-0.2, -0.15) is 0 Å². The summed E-state index contributed by atoms with van der Waals surface area (Å²) in [5.74, 6) is -0.400. The molecule has 0 aliphatic carbocycles. The molecular weight excluding hydrogens is 438 g/mol. The van der Waals surface area contributed by atoms with E-state index in [4.69, 9.17) is 0 Å². The Labute approximate surface area is 196 Å². The average Bonchev–Trinajstić information content (AvgIpc) is 3.22. The maximum absolute atomic E-state index is 13.2. The number of benzene rings is 2. The number of likely N-dealkylation sites (tertiary alicyclic amines) is 1. The molecule has 1 aliphatic rings. The lowest BCUT2D eigenvalue weighted by atomic mass is 10.1. The normalized spacial score (nSPS) is 16.0. The summed E-state index contributed by atoms with van der Waals surface area (Å²) in [6, 6.07) is 9.61. The number of unbranched alkanes of at least 4 members (excludes halogenated alkanes) is 1. The summed E-state index contributed by atoms with van der Waals surface area (Å²) in [5, 5.41) is 2.91. The number of rotatable bonds is 8.